The topological polar surface area (TPSA) is 90.9 Å². The number of rotatable bonds is 10. The normalized spacial score (nSPS) is 10.4. The van der Waals surface area contributed by atoms with Gasteiger partial charge in [-0.05, 0) is 54.8 Å². The Kier molecular flexibility index (Phi) is 8.41. The number of esters is 1. The van der Waals surface area contributed by atoms with E-state index in [9.17, 15) is 14.4 Å². The molecule has 0 aliphatic rings. The molecule has 0 aliphatic carbocycles. The highest BCUT2D eigenvalue weighted by molar-refractivity contribution is 5.98. The molecule has 0 saturated heterocycles. The van der Waals surface area contributed by atoms with Gasteiger partial charge in [-0.15, -0.1) is 0 Å². The standard InChI is InChI=1S/C23H27NO6/c1-15(2)11-22(26)24-18-8-6-17(7-9-18)19(25)13-30-23(27)14-29-20-10-5-16(3)12-21(20)28-4/h5-10,12,15H,11,13-14H2,1-4H3,(H,24,26). The second-order valence-electron chi connectivity index (χ2n) is 7.25. The Morgan fingerprint density at radius 1 is 0.967 bits per heavy atom. The number of carbonyl (C=O) groups is 3. The highest BCUT2D eigenvalue weighted by Gasteiger charge is 2.13. The number of ether oxygens (including phenoxy) is 3. The summed E-state index contributed by atoms with van der Waals surface area (Å²) in [7, 11) is 1.51. The summed E-state index contributed by atoms with van der Waals surface area (Å²) in [5.74, 6) is 0.0978. The third-order valence-corrected chi connectivity index (χ3v) is 4.11. The van der Waals surface area contributed by atoms with Crippen LogP contribution in [0.2, 0.25) is 0 Å². The molecule has 0 spiro atoms. The van der Waals surface area contributed by atoms with Crippen molar-refractivity contribution in [1.82, 2.24) is 0 Å². The molecular weight excluding hydrogens is 386 g/mol. The van der Waals surface area contributed by atoms with E-state index in [1.807, 2.05) is 26.8 Å². The lowest BCUT2D eigenvalue weighted by Crippen LogP contribution is -2.19. The van der Waals surface area contributed by atoms with Crippen molar-refractivity contribution >= 4 is 23.3 Å². The third-order valence-electron chi connectivity index (χ3n) is 4.11. The molecular formula is C23H27NO6. The average Bonchev–Trinajstić information content (AvgIpc) is 2.70. The van der Waals surface area contributed by atoms with Crippen LogP contribution in [0.15, 0.2) is 42.5 Å². The Bertz CT molecular complexity index is 889. The summed E-state index contributed by atoms with van der Waals surface area (Å²) in [4.78, 5) is 35.9. The first-order valence-corrected chi connectivity index (χ1v) is 9.64. The smallest absolute Gasteiger partial charge is 0.344 e. The van der Waals surface area contributed by atoms with Crippen molar-refractivity contribution in [3.8, 4) is 11.5 Å². The Morgan fingerprint density at radius 2 is 1.67 bits per heavy atom. The van der Waals surface area contributed by atoms with Gasteiger partial charge in [-0.2, -0.15) is 0 Å². The van der Waals surface area contributed by atoms with Crippen LogP contribution in [0, 0.1) is 12.8 Å². The van der Waals surface area contributed by atoms with Crippen LogP contribution >= 0.6 is 0 Å². The molecule has 7 heteroatoms. The van der Waals surface area contributed by atoms with Crippen LogP contribution in [0.25, 0.3) is 0 Å². The van der Waals surface area contributed by atoms with Gasteiger partial charge in [-0.3, -0.25) is 9.59 Å². The lowest BCUT2D eigenvalue weighted by Gasteiger charge is -2.11. The zero-order chi connectivity index (χ0) is 22.1. The third kappa shape index (κ3) is 7.24. The lowest BCUT2D eigenvalue weighted by atomic mass is 10.1. The van der Waals surface area contributed by atoms with Gasteiger partial charge in [-0.25, -0.2) is 4.79 Å². The number of Topliss-reactive ketones (excluding diaryl/α,β-unsaturated/α-hetero) is 1. The number of hydrogen-bond donors (Lipinski definition) is 1. The van der Waals surface area contributed by atoms with Crippen LogP contribution in [0.1, 0.15) is 36.2 Å². The second-order valence-corrected chi connectivity index (χ2v) is 7.25. The highest BCUT2D eigenvalue weighted by atomic mass is 16.6. The molecule has 0 radical (unpaired) electrons. The molecule has 1 N–H and O–H groups in total. The molecule has 1 amide bonds. The van der Waals surface area contributed by atoms with Crippen molar-refractivity contribution < 1.29 is 28.6 Å². The number of aryl methyl sites for hydroxylation is 1. The molecule has 0 saturated carbocycles. The van der Waals surface area contributed by atoms with E-state index >= 15 is 0 Å². The van der Waals surface area contributed by atoms with E-state index in [2.05, 4.69) is 5.32 Å². The summed E-state index contributed by atoms with van der Waals surface area (Å²) in [5.41, 5.74) is 1.98. The number of nitrogens with one attached hydrogen (secondary N) is 1. The summed E-state index contributed by atoms with van der Waals surface area (Å²) in [6.07, 6.45) is 0.424. The Morgan fingerprint density at radius 3 is 2.30 bits per heavy atom. The van der Waals surface area contributed by atoms with Gasteiger partial charge in [-0.1, -0.05) is 19.9 Å². The molecule has 2 aromatic rings. The van der Waals surface area contributed by atoms with Crippen molar-refractivity contribution in [3.05, 3.63) is 53.6 Å². The molecule has 0 aliphatic heterocycles. The number of carbonyl (C=O) groups excluding carboxylic acids is 3. The van der Waals surface area contributed by atoms with E-state index in [1.54, 1.807) is 36.4 Å². The second kappa shape index (κ2) is 11.0. The number of benzene rings is 2. The summed E-state index contributed by atoms with van der Waals surface area (Å²) in [6, 6.07) is 11.8. The number of amides is 1. The summed E-state index contributed by atoms with van der Waals surface area (Å²) in [6.45, 7) is 5.11. The van der Waals surface area contributed by atoms with E-state index in [0.29, 0.717) is 29.2 Å². The van der Waals surface area contributed by atoms with Gasteiger partial charge in [0.1, 0.15) is 0 Å². The van der Waals surface area contributed by atoms with E-state index in [-0.39, 0.29) is 24.2 Å². The fourth-order valence-electron chi connectivity index (χ4n) is 2.62. The van der Waals surface area contributed by atoms with E-state index in [1.165, 1.54) is 7.11 Å². The number of anilines is 1. The molecule has 0 unspecified atom stereocenters. The van der Waals surface area contributed by atoms with Gasteiger partial charge in [0.2, 0.25) is 5.91 Å². The van der Waals surface area contributed by atoms with Gasteiger partial charge in [0.25, 0.3) is 0 Å². The van der Waals surface area contributed by atoms with Crippen LogP contribution in [0.4, 0.5) is 5.69 Å². The number of hydrogen-bond acceptors (Lipinski definition) is 6. The SMILES string of the molecule is COc1cc(C)ccc1OCC(=O)OCC(=O)c1ccc(NC(=O)CC(C)C)cc1. The van der Waals surface area contributed by atoms with Crippen LogP contribution in [-0.4, -0.2) is 38.0 Å². The molecule has 2 aromatic carbocycles. The van der Waals surface area contributed by atoms with Crippen LogP contribution in [-0.2, 0) is 14.3 Å². The average molecular weight is 413 g/mol. The fourth-order valence-corrected chi connectivity index (χ4v) is 2.62. The van der Waals surface area contributed by atoms with E-state index in [0.717, 1.165) is 5.56 Å². The first-order valence-electron chi connectivity index (χ1n) is 9.64. The van der Waals surface area contributed by atoms with Crippen molar-refractivity contribution in [3.63, 3.8) is 0 Å². The van der Waals surface area contributed by atoms with Gasteiger partial charge < -0.3 is 19.5 Å². The van der Waals surface area contributed by atoms with Crippen molar-refractivity contribution in [2.75, 3.05) is 25.6 Å². The monoisotopic (exact) mass is 413 g/mol. The zero-order valence-corrected chi connectivity index (χ0v) is 17.7. The van der Waals surface area contributed by atoms with Gasteiger partial charge in [0.15, 0.2) is 30.5 Å². The minimum Gasteiger partial charge on any atom is -0.493 e. The predicted molar refractivity (Wildman–Crippen MR) is 113 cm³/mol. The maximum absolute atomic E-state index is 12.2. The summed E-state index contributed by atoms with van der Waals surface area (Å²) < 4.78 is 15.6. The highest BCUT2D eigenvalue weighted by Crippen LogP contribution is 2.27. The summed E-state index contributed by atoms with van der Waals surface area (Å²) >= 11 is 0. The van der Waals surface area contributed by atoms with Crippen molar-refractivity contribution in [1.29, 1.82) is 0 Å². The molecule has 7 nitrogen and oxygen atoms in total. The number of ketones is 1. The zero-order valence-electron chi connectivity index (χ0n) is 17.7. The Labute approximate surface area is 176 Å². The molecule has 2 rings (SSSR count). The van der Waals surface area contributed by atoms with Gasteiger partial charge >= 0.3 is 5.97 Å². The Balaban J connectivity index is 1.81. The molecule has 0 bridgehead atoms. The Hall–Kier alpha value is -3.35. The lowest BCUT2D eigenvalue weighted by molar-refractivity contribution is -0.144. The molecule has 30 heavy (non-hydrogen) atoms. The molecule has 0 atom stereocenters. The van der Waals surface area contributed by atoms with Crippen molar-refractivity contribution in [2.45, 2.75) is 27.2 Å². The van der Waals surface area contributed by atoms with E-state index in [4.69, 9.17) is 14.2 Å². The minimum absolute atomic E-state index is 0.0804. The van der Waals surface area contributed by atoms with Crippen LogP contribution in [0.3, 0.4) is 0 Å². The van der Waals surface area contributed by atoms with Crippen molar-refractivity contribution in [2.24, 2.45) is 5.92 Å². The fraction of sp³-hybridized carbons (Fsp3) is 0.348. The first kappa shape index (κ1) is 22.9. The summed E-state index contributed by atoms with van der Waals surface area (Å²) in [5, 5.41) is 2.77. The predicted octanol–water partition coefficient (Wildman–Crippen LogP) is 3.79. The first-order chi connectivity index (χ1) is 14.3. The van der Waals surface area contributed by atoms with Crippen LogP contribution < -0.4 is 14.8 Å². The van der Waals surface area contributed by atoms with Crippen LogP contribution in [0.5, 0.6) is 11.5 Å². The number of methoxy groups -OCH3 is 1. The largest absolute Gasteiger partial charge is 0.493 e. The maximum atomic E-state index is 12.2. The van der Waals surface area contributed by atoms with Gasteiger partial charge in [0, 0.05) is 17.7 Å². The minimum atomic E-state index is -0.663. The molecule has 0 heterocycles. The molecule has 0 aromatic heterocycles. The molecule has 0 fully saturated rings. The van der Waals surface area contributed by atoms with E-state index < -0.39 is 12.6 Å². The molecule has 160 valence electrons. The van der Waals surface area contributed by atoms with Gasteiger partial charge in [0.05, 0.1) is 7.11 Å². The maximum Gasteiger partial charge on any atom is 0.344 e. The quantitative estimate of drug-likeness (QED) is 0.471.